The fraction of sp³-hybridized carbons (Fsp3) is 0.560. The first-order valence-corrected chi connectivity index (χ1v) is 13.8. The monoisotopic (exact) mass is 524 g/mol. The molecule has 0 saturated heterocycles. The Bertz CT molecular complexity index is 1020. The summed E-state index contributed by atoms with van der Waals surface area (Å²) in [5.41, 5.74) is 1.44. The summed E-state index contributed by atoms with van der Waals surface area (Å²) in [5.74, 6) is -1.58. The number of nitro benzene ring substituents is 1. The Balaban J connectivity index is 2.62. The molecule has 0 spiro atoms. The number of nitrogens with one attached hydrogen (secondary N) is 1. The van der Waals surface area contributed by atoms with E-state index in [1.807, 2.05) is 20.8 Å². The van der Waals surface area contributed by atoms with Crippen molar-refractivity contribution in [2.75, 3.05) is 33.0 Å². The second-order valence-electron chi connectivity index (χ2n) is 8.37. The van der Waals surface area contributed by atoms with E-state index in [0.717, 1.165) is 6.42 Å². The van der Waals surface area contributed by atoms with Crippen molar-refractivity contribution in [2.45, 2.75) is 59.8 Å². The van der Waals surface area contributed by atoms with Crippen LogP contribution < -0.4 is 5.32 Å². The molecular weight excluding hydrogens is 487 g/mol. The van der Waals surface area contributed by atoms with Crippen molar-refractivity contribution < 1.29 is 32.8 Å². The molecule has 1 atom stereocenters. The number of allylic oxidation sites excluding steroid dienone is 3. The number of benzene rings is 1. The molecule has 0 amide bonds. The number of esters is 1. The number of ether oxygens (including phenoxy) is 2. The summed E-state index contributed by atoms with van der Waals surface area (Å²) >= 11 is 0. The van der Waals surface area contributed by atoms with Gasteiger partial charge in [-0.25, -0.2) is 4.79 Å². The molecular formula is C25H37N2O8P. The third-order valence-corrected chi connectivity index (χ3v) is 7.62. The molecule has 0 bridgehead atoms. The van der Waals surface area contributed by atoms with Gasteiger partial charge in [-0.15, -0.1) is 0 Å². The van der Waals surface area contributed by atoms with Gasteiger partial charge in [0.15, 0.2) is 0 Å². The first kappa shape index (κ1) is 29.7. The van der Waals surface area contributed by atoms with E-state index in [0.29, 0.717) is 36.4 Å². The smallest absolute Gasteiger partial charge is 0.360 e. The van der Waals surface area contributed by atoms with Gasteiger partial charge in [-0.1, -0.05) is 32.9 Å². The van der Waals surface area contributed by atoms with Gasteiger partial charge in [0.05, 0.1) is 41.5 Å². The van der Waals surface area contributed by atoms with Crippen molar-refractivity contribution in [3.8, 4) is 0 Å². The SMILES string of the molecule is CCCOCCOC(=O)C1=C(C)NC(C)=C(P(=O)(OCCC)OCCC)C1c1cccc([N+](=O)[O-])c1. The van der Waals surface area contributed by atoms with E-state index in [4.69, 9.17) is 18.5 Å². The lowest BCUT2D eigenvalue weighted by Crippen LogP contribution is -2.30. The molecule has 10 nitrogen and oxygen atoms in total. The van der Waals surface area contributed by atoms with Crippen LogP contribution in [0.25, 0.3) is 0 Å². The number of hydrogen-bond acceptors (Lipinski definition) is 9. The zero-order chi connectivity index (χ0) is 26.7. The lowest BCUT2D eigenvalue weighted by molar-refractivity contribution is -0.384. The third-order valence-electron chi connectivity index (χ3n) is 5.39. The standard InChI is InChI=1S/C25H37N2O8P/c1-6-12-32-15-16-33-25(28)22-18(4)26-19(5)24(36(31,34-13-7-2)35-14-8-3)23(22)20-10-9-11-21(17-20)27(29)30/h9-11,17,23,26H,6-8,12-16H2,1-5H3. The Morgan fingerprint density at radius 3 is 2.22 bits per heavy atom. The summed E-state index contributed by atoms with van der Waals surface area (Å²) in [6.45, 7) is 10.4. The number of rotatable bonds is 15. The second-order valence-corrected chi connectivity index (χ2v) is 10.4. The molecule has 11 heteroatoms. The Hall–Kier alpha value is -2.52. The Morgan fingerprint density at radius 2 is 1.64 bits per heavy atom. The van der Waals surface area contributed by atoms with Crippen LogP contribution in [-0.2, 0) is 27.9 Å². The van der Waals surface area contributed by atoms with E-state index in [-0.39, 0.29) is 43.0 Å². The van der Waals surface area contributed by atoms with Crippen molar-refractivity contribution in [1.29, 1.82) is 0 Å². The molecule has 0 aromatic heterocycles. The topological polar surface area (TPSA) is 126 Å². The molecule has 0 aliphatic carbocycles. The van der Waals surface area contributed by atoms with Crippen molar-refractivity contribution in [3.63, 3.8) is 0 Å². The molecule has 2 rings (SSSR count). The zero-order valence-electron chi connectivity index (χ0n) is 21.7. The number of hydrogen-bond donors (Lipinski definition) is 1. The minimum atomic E-state index is -3.91. The Labute approximate surface area is 212 Å². The molecule has 1 aliphatic rings. The molecule has 1 heterocycles. The van der Waals surface area contributed by atoms with Crippen LogP contribution in [0.3, 0.4) is 0 Å². The summed E-state index contributed by atoms with van der Waals surface area (Å²) < 4.78 is 36.8. The number of nitro groups is 1. The second kappa shape index (κ2) is 14.3. The van der Waals surface area contributed by atoms with Crippen LogP contribution in [0.5, 0.6) is 0 Å². The molecule has 1 aromatic carbocycles. The average molecular weight is 525 g/mol. The highest BCUT2D eigenvalue weighted by molar-refractivity contribution is 7.58. The van der Waals surface area contributed by atoms with E-state index < -0.39 is 24.4 Å². The maximum absolute atomic E-state index is 14.2. The lowest BCUT2D eigenvalue weighted by Gasteiger charge is -2.34. The summed E-state index contributed by atoms with van der Waals surface area (Å²) in [7, 11) is -3.91. The molecule has 36 heavy (non-hydrogen) atoms. The summed E-state index contributed by atoms with van der Waals surface area (Å²) in [6.07, 6.45) is 2.04. The molecule has 0 saturated carbocycles. The molecule has 1 aromatic rings. The van der Waals surface area contributed by atoms with Crippen LogP contribution >= 0.6 is 7.60 Å². The van der Waals surface area contributed by atoms with Crippen LogP contribution in [0.2, 0.25) is 0 Å². The maximum atomic E-state index is 14.2. The molecule has 1 aliphatic heterocycles. The normalized spacial score (nSPS) is 16.2. The van der Waals surface area contributed by atoms with Gasteiger partial charge in [0.1, 0.15) is 6.61 Å². The predicted molar refractivity (Wildman–Crippen MR) is 137 cm³/mol. The van der Waals surface area contributed by atoms with Crippen LogP contribution in [0, 0.1) is 10.1 Å². The number of carbonyl (C=O) groups excluding carboxylic acids is 1. The van der Waals surface area contributed by atoms with Crippen LogP contribution in [0.15, 0.2) is 46.5 Å². The van der Waals surface area contributed by atoms with E-state index in [1.54, 1.807) is 19.9 Å². The molecule has 1 unspecified atom stereocenters. The fourth-order valence-electron chi connectivity index (χ4n) is 3.88. The van der Waals surface area contributed by atoms with Gasteiger partial charge in [-0.3, -0.25) is 14.7 Å². The molecule has 0 fully saturated rings. The van der Waals surface area contributed by atoms with E-state index in [9.17, 15) is 19.5 Å². The van der Waals surface area contributed by atoms with Gasteiger partial charge in [-0.05, 0) is 38.7 Å². The predicted octanol–water partition coefficient (Wildman–Crippen LogP) is 5.80. The third kappa shape index (κ3) is 7.49. The van der Waals surface area contributed by atoms with Gasteiger partial charge < -0.3 is 23.8 Å². The van der Waals surface area contributed by atoms with E-state index in [2.05, 4.69) is 5.32 Å². The summed E-state index contributed by atoms with van der Waals surface area (Å²) in [6, 6.07) is 5.93. The van der Waals surface area contributed by atoms with Crippen molar-refractivity contribution in [3.05, 3.63) is 62.2 Å². The van der Waals surface area contributed by atoms with E-state index >= 15 is 0 Å². The first-order valence-electron chi connectivity index (χ1n) is 12.3. The number of dihydropyridines is 1. The Kier molecular flexibility index (Phi) is 11.8. The molecule has 0 radical (unpaired) electrons. The van der Waals surface area contributed by atoms with Crippen LogP contribution in [0.4, 0.5) is 5.69 Å². The van der Waals surface area contributed by atoms with Crippen molar-refractivity contribution in [2.24, 2.45) is 0 Å². The highest BCUT2D eigenvalue weighted by Gasteiger charge is 2.45. The van der Waals surface area contributed by atoms with Gasteiger partial charge in [-0.2, -0.15) is 0 Å². The molecule has 200 valence electrons. The number of nitrogens with zero attached hydrogens (tertiary/aromatic N) is 1. The zero-order valence-corrected chi connectivity index (χ0v) is 22.6. The fourth-order valence-corrected chi connectivity index (χ4v) is 6.14. The largest absolute Gasteiger partial charge is 0.460 e. The highest BCUT2D eigenvalue weighted by atomic mass is 31.2. The lowest BCUT2D eigenvalue weighted by atomic mass is 9.86. The van der Waals surface area contributed by atoms with Crippen molar-refractivity contribution in [1.82, 2.24) is 5.32 Å². The quantitative estimate of drug-likeness (QED) is 0.0995. The minimum absolute atomic E-state index is 0.0334. The molecule has 1 N–H and O–H groups in total. The maximum Gasteiger partial charge on any atom is 0.360 e. The first-order chi connectivity index (χ1) is 17.2. The summed E-state index contributed by atoms with van der Waals surface area (Å²) in [5, 5.41) is 14.9. The Morgan fingerprint density at radius 1 is 1.00 bits per heavy atom. The average Bonchev–Trinajstić information content (AvgIpc) is 2.85. The van der Waals surface area contributed by atoms with Gasteiger partial charge >= 0.3 is 13.6 Å². The number of carbonyl (C=O) groups is 1. The van der Waals surface area contributed by atoms with Crippen molar-refractivity contribution >= 4 is 19.3 Å². The van der Waals surface area contributed by atoms with Crippen LogP contribution in [-0.4, -0.2) is 43.9 Å². The van der Waals surface area contributed by atoms with Gasteiger partial charge in [0.25, 0.3) is 5.69 Å². The van der Waals surface area contributed by atoms with Crippen LogP contribution in [0.1, 0.15) is 65.4 Å². The number of non-ortho nitro benzene ring substituents is 1. The van der Waals surface area contributed by atoms with Gasteiger partial charge in [0, 0.05) is 30.1 Å². The summed E-state index contributed by atoms with van der Waals surface area (Å²) in [4.78, 5) is 24.4. The minimum Gasteiger partial charge on any atom is -0.460 e. The van der Waals surface area contributed by atoms with Gasteiger partial charge in [0.2, 0.25) is 0 Å². The highest BCUT2D eigenvalue weighted by Crippen LogP contribution is 2.64. The van der Waals surface area contributed by atoms with E-state index in [1.165, 1.54) is 18.2 Å².